The molecule has 1 aliphatic carbocycles. The van der Waals surface area contributed by atoms with Crippen molar-refractivity contribution in [2.75, 3.05) is 7.11 Å². The average Bonchev–Trinajstić information content (AvgIpc) is 2.44. The first-order valence-electron chi connectivity index (χ1n) is 7.38. The van der Waals surface area contributed by atoms with Crippen LogP contribution in [0.15, 0.2) is 30.3 Å². The number of benzene rings is 1. The second-order valence-corrected chi connectivity index (χ2v) is 6.41. The molecule has 20 heavy (non-hydrogen) atoms. The monoisotopic (exact) mass is 275 g/mol. The number of ether oxygens (including phenoxy) is 1. The molecule has 2 rings (SSSR count). The molecule has 0 amide bonds. The van der Waals surface area contributed by atoms with Gasteiger partial charge in [-0.2, -0.15) is 0 Å². The zero-order chi connectivity index (χ0) is 14.6. The number of carbonyl (C=O) groups excluding carboxylic acids is 1. The van der Waals surface area contributed by atoms with Crippen molar-refractivity contribution in [2.45, 2.75) is 45.7 Å². The van der Waals surface area contributed by atoms with E-state index in [-0.39, 0.29) is 17.3 Å². The molecule has 2 atom stereocenters. The Kier molecular flexibility index (Phi) is 4.81. The van der Waals surface area contributed by atoms with Crippen LogP contribution in [0.3, 0.4) is 0 Å². The first kappa shape index (κ1) is 15.0. The van der Waals surface area contributed by atoms with E-state index in [2.05, 4.69) is 43.4 Å². The first-order chi connectivity index (χ1) is 9.53. The zero-order valence-corrected chi connectivity index (χ0v) is 12.7. The highest BCUT2D eigenvalue weighted by molar-refractivity contribution is 5.73. The van der Waals surface area contributed by atoms with Crippen molar-refractivity contribution in [3.63, 3.8) is 0 Å². The molecule has 3 nitrogen and oxygen atoms in total. The summed E-state index contributed by atoms with van der Waals surface area (Å²) in [6, 6.07) is 10.9. The lowest BCUT2D eigenvalue weighted by Gasteiger charge is -2.41. The maximum Gasteiger partial charge on any atom is 0.309 e. The minimum atomic E-state index is -0.0588. The van der Waals surface area contributed by atoms with E-state index in [1.54, 1.807) is 0 Å². The van der Waals surface area contributed by atoms with Gasteiger partial charge in [0.1, 0.15) is 0 Å². The third-order valence-electron chi connectivity index (χ3n) is 4.44. The van der Waals surface area contributed by atoms with E-state index in [9.17, 15) is 4.79 Å². The lowest BCUT2D eigenvalue weighted by Crippen LogP contribution is -2.44. The van der Waals surface area contributed by atoms with E-state index in [0.717, 1.165) is 25.8 Å². The molecule has 0 spiro atoms. The SMILES string of the molecule is COC(=O)[C@H]1CC[C@H](NCc2ccccc2)CC1(C)C. The van der Waals surface area contributed by atoms with Gasteiger partial charge in [0.05, 0.1) is 13.0 Å². The average molecular weight is 275 g/mol. The van der Waals surface area contributed by atoms with Gasteiger partial charge in [-0.05, 0) is 30.2 Å². The summed E-state index contributed by atoms with van der Waals surface area (Å²) in [6.45, 7) is 5.24. The highest BCUT2D eigenvalue weighted by Crippen LogP contribution is 2.41. The topological polar surface area (TPSA) is 38.3 Å². The Balaban J connectivity index is 1.89. The Morgan fingerprint density at radius 2 is 2.00 bits per heavy atom. The van der Waals surface area contributed by atoms with Crippen molar-refractivity contribution in [1.82, 2.24) is 5.32 Å². The van der Waals surface area contributed by atoms with Crippen LogP contribution in [0.4, 0.5) is 0 Å². The number of hydrogen-bond acceptors (Lipinski definition) is 3. The number of carbonyl (C=O) groups is 1. The molecule has 0 bridgehead atoms. The minimum absolute atomic E-state index is 0.000300. The lowest BCUT2D eigenvalue weighted by atomic mass is 9.67. The predicted molar refractivity (Wildman–Crippen MR) is 80.2 cm³/mol. The van der Waals surface area contributed by atoms with Gasteiger partial charge in [0.25, 0.3) is 0 Å². The smallest absolute Gasteiger partial charge is 0.309 e. The summed E-state index contributed by atoms with van der Waals surface area (Å²) in [4.78, 5) is 11.8. The molecule has 1 N–H and O–H groups in total. The molecule has 0 radical (unpaired) electrons. The van der Waals surface area contributed by atoms with E-state index in [1.807, 2.05) is 6.07 Å². The fourth-order valence-electron chi connectivity index (χ4n) is 3.25. The molecule has 110 valence electrons. The summed E-state index contributed by atoms with van der Waals surface area (Å²) in [7, 11) is 1.48. The molecular formula is C17H25NO2. The lowest BCUT2D eigenvalue weighted by molar-refractivity contribution is -0.151. The van der Waals surface area contributed by atoms with Gasteiger partial charge in [0.15, 0.2) is 0 Å². The summed E-state index contributed by atoms with van der Waals surface area (Å²) in [5.41, 5.74) is 1.31. The number of esters is 1. The molecule has 0 aromatic heterocycles. The summed E-state index contributed by atoms with van der Waals surface area (Å²) < 4.78 is 4.93. The molecule has 1 aliphatic rings. The van der Waals surface area contributed by atoms with Crippen LogP contribution < -0.4 is 5.32 Å². The molecular weight excluding hydrogens is 250 g/mol. The standard InChI is InChI=1S/C17H25NO2/c1-17(2)11-14(9-10-15(17)16(19)20-3)18-12-13-7-5-4-6-8-13/h4-8,14-15,18H,9-12H2,1-3H3/t14-,15+/m0/s1. The van der Waals surface area contributed by atoms with E-state index in [4.69, 9.17) is 4.74 Å². The Morgan fingerprint density at radius 3 is 2.60 bits per heavy atom. The van der Waals surface area contributed by atoms with Crippen molar-refractivity contribution in [2.24, 2.45) is 11.3 Å². The van der Waals surface area contributed by atoms with Gasteiger partial charge in [0.2, 0.25) is 0 Å². The Bertz CT molecular complexity index is 442. The van der Waals surface area contributed by atoms with Gasteiger partial charge in [-0.1, -0.05) is 44.2 Å². The second kappa shape index (κ2) is 6.40. The minimum Gasteiger partial charge on any atom is -0.469 e. The summed E-state index contributed by atoms with van der Waals surface area (Å²) in [5.74, 6) is -0.0289. The number of methoxy groups -OCH3 is 1. The van der Waals surface area contributed by atoms with Crippen LogP contribution in [-0.4, -0.2) is 19.1 Å². The molecule has 1 aromatic carbocycles. The van der Waals surface area contributed by atoms with Crippen molar-refractivity contribution >= 4 is 5.97 Å². The summed E-state index contributed by atoms with van der Waals surface area (Å²) in [6.07, 6.45) is 2.96. The van der Waals surface area contributed by atoms with Gasteiger partial charge in [-0.3, -0.25) is 4.79 Å². The van der Waals surface area contributed by atoms with Crippen molar-refractivity contribution in [3.8, 4) is 0 Å². The van der Waals surface area contributed by atoms with Gasteiger partial charge >= 0.3 is 5.97 Å². The second-order valence-electron chi connectivity index (χ2n) is 6.41. The van der Waals surface area contributed by atoms with Gasteiger partial charge in [-0.15, -0.1) is 0 Å². The van der Waals surface area contributed by atoms with Crippen LogP contribution in [0.2, 0.25) is 0 Å². The fraction of sp³-hybridized carbons (Fsp3) is 0.588. The maximum absolute atomic E-state index is 11.8. The van der Waals surface area contributed by atoms with Crippen LogP contribution in [0, 0.1) is 11.3 Å². The normalized spacial score (nSPS) is 25.1. The van der Waals surface area contributed by atoms with Crippen LogP contribution in [0.5, 0.6) is 0 Å². The Hall–Kier alpha value is -1.35. The maximum atomic E-state index is 11.8. The van der Waals surface area contributed by atoms with E-state index < -0.39 is 0 Å². The highest BCUT2D eigenvalue weighted by atomic mass is 16.5. The van der Waals surface area contributed by atoms with Gasteiger partial charge in [-0.25, -0.2) is 0 Å². The molecule has 3 heteroatoms. The Labute approximate surface area is 121 Å². The largest absolute Gasteiger partial charge is 0.469 e. The number of nitrogens with one attached hydrogen (secondary N) is 1. The molecule has 1 fully saturated rings. The van der Waals surface area contributed by atoms with Crippen LogP contribution in [-0.2, 0) is 16.1 Å². The quantitative estimate of drug-likeness (QED) is 0.858. The van der Waals surface area contributed by atoms with Gasteiger partial charge in [0, 0.05) is 12.6 Å². The number of rotatable bonds is 4. The highest BCUT2D eigenvalue weighted by Gasteiger charge is 2.41. The Morgan fingerprint density at radius 1 is 1.30 bits per heavy atom. The molecule has 1 saturated carbocycles. The van der Waals surface area contributed by atoms with Crippen LogP contribution in [0.25, 0.3) is 0 Å². The predicted octanol–water partition coefficient (Wildman–Crippen LogP) is 3.14. The fourth-order valence-corrected chi connectivity index (χ4v) is 3.25. The molecule has 1 aromatic rings. The third kappa shape index (κ3) is 3.60. The van der Waals surface area contributed by atoms with E-state index >= 15 is 0 Å². The van der Waals surface area contributed by atoms with Crippen molar-refractivity contribution in [3.05, 3.63) is 35.9 Å². The molecule has 0 heterocycles. The summed E-state index contributed by atoms with van der Waals surface area (Å²) >= 11 is 0. The van der Waals surface area contributed by atoms with E-state index in [0.29, 0.717) is 6.04 Å². The molecule has 0 saturated heterocycles. The molecule has 0 unspecified atom stereocenters. The molecule has 0 aliphatic heterocycles. The van der Waals surface area contributed by atoms with Crippen molar-refractivity contribution < 1.29 is 9.53 Å². The van der Waals surface area contributed by atoms with Gasteiger partial charge < -0.3 is 10.1 Å². The van der Waals surface area contributed by atoms with E-state index in [1.165, 1.54) is 12.7 Å². The third-order valence-corrected chi connectivity index (χ3v) is 4.44. The zero-order valence-electron chi connectivity index (χ0n) is 12.7. The first-order valence-corrected chi connectivity index (χ1v) is 7.38. The van der Waals surface area contributed by atoms with Crippen LogP contribution in [0.1, 0.15) is 38.7 Å². The summed E-state index contributed by atoms with van der Waals surface area (Å²) in [5, 5.41) is 3.62. The number of hydrogen-bond donors (Lipinski definition) is 1. The van der Waals surface area contributed by atoms with Crippen molar-refractivity contribution in [1.29, 1.82) is 0 Å². The van der Waals surface area contributed by atoms with Crippen LogP contribution >= 0.6 is 0 Å².